The smallest absolute Gasteiger partial charge is 0.218 e. The molecular formula is C24H39N3O4. The first-order valence-corrected chi connectivity index (χ1v) is 11.6. The van der Waals surface area contributed by atoms with Crippen LogP contribution in [0.25, 0.3) is 0 Å². The van der Waals surface area contributed by atoms with E-state index in [9.17, 15) is 15.0 Å². The zero-order chi connectivity index (χ0) is 22.8. The minimum Gasteiger partial charge on any atom is -0.468 e. The Bertz CT molecular complexity index is 779. The van der Waals surface area contributed by atoms with Crippen LogP contribution in [0.5, 0.6) is 5.88 Å². The zero-order valence-electron chi connectivity index (χ0n) is 19.6. The lowest BCUT2D eigenvalue weighted by Gasteiger charge is -2.50. The van der Waals surface area contributed by atoms with Gasteiger partial charge in [-0.1, -0.05) is 34.1 Å². The number of amides is 1. The maximum atomic E-state index is 11.5. The molecule has 0 unspecified atom stereocenters. The second-order valence-electron chi connectivity index (χ2n) is 10.5. The topological polar surface area (TPSA) is 104 Å². The average Bonchev–Trinajstić information content (AvgIpc) is 2.68. The number of nitrogens with zero attached hydrogens (tertiary/aromatic N) is 1. The van der Waals surface area contributed by atoms with E-state index in [0.717, 1.165) is 36.8 Å². The van der Waals surface area contributed by atoms with Crippen LogP contribution < -0.4 is 15.4 Å². The van der Waals surface area contributed by atoms with Gasteiger partial charge in [-0.25, -0.2) is 4.98 Å². The van der Waals surface area contributed by atoms with E-state index < -0.39 is 17.8 Å². The van der Waals surface area contributed by atoms with Gasteiger partial charge in [-0.2, -0.15) is 0 Å². The SMILES string of the molecule is CCC[C@H](NC(C)=O)[C@H](O)CN[C@H]1C[C@@]2(CC[C@@H]2O)Oc2ncc(CC(C)(C)C)cc21. The van der Waals surface area contributed by atoms with Gasteiger partial charge in [-0.05, 0) is 42.7 Å². The van der Waals surface area contributed by atoms with Crippen LogP contribution in [0.3, 0.4) is 0 Å². The number of aliphatic hydroxyl groups is 2. The molecule has 7 heteroatoms. The van der Waals surface area contributed by atoms with Crippen molar-refractivity contribution in [1.29, 1.82) is 0 Å². The van der Waals surface area contributed by atoms with E-state index in [1.54, 1.807) is 0 Å². The normalized spacial score (nSPS) is 27.1. The maximum Gasteiger partial charge on any atom is 0.218 e. The molecule has 4 N–H and O–H groups in total. The fourth-order valence-corrected chi connectivity index (χ4v) is 4.72. The lowest BCUT2D eigenvalue weighted by atomic mass is 9.70. The molecule has 1 aliphatic carbocycles. The van der Waals surface area contributed by atoms with Crippen molar-refractivity contribution >= 4 is 5.91 Å². The van der Waals surface area contributed by atoms with Crippen LogP contribution in [-0.4, -0.2) is 51.5 Å². The van der Waals surface area contributed by atoms with Gasteiger partial charge in [0.1, 0.15) is 5.60 Å². The highest BCUT2D eigenvalue weighted by molar-refractivity contribution is 5.73. The maximum absolute atomic E-state index is 11.5. The number of aromatic nitrogens is 1. The van der Waals surface area contributed by atoms with E-state index in [0.29, 0.717) is 25.3 Å². The van der Waals surface area contributed by atoms with Gasteiger partial charge in [0.25, 0.3) is 0 Å². The molecule has 2 heterocycles. The number of fused-ring (bicyclic) bond motifs is 1. The van der Waals surface area contributed by atoms with Crippen molar-refractivity contribution in [3.05, 3.63) is 23.4 Å². The number of rotatable bonds is 8. The molecule has 31 heavy (non-hydrogen) atoms. The number of aliphatic hydroxyl groups excluding tert-OH is 2. The van der Waals surface area contributed by atoms with E-state index in [1.807, 2.05) is 13.1 Å². The molecule has 1 aromatic heterocycles. The highest BCUT2D eigenvalue weighted by Crippen LogP contribution is 2.48. The summed E-state index contributed by atoms with van der Waals surface area (Å²) in [5.41, 5.74) is 1.66. The number of carbonyl (C=O) groups is 1. The molecule has 0 radical (unpaired) electrons. The van der Waals surface area contributed by atoms with Gasteiger partial charge in [0, 0.05) is 37.7 Å². The lowest BCUT2D eigenvalue weighted by Crippen LogP contribution is -2.60. The third kappa shape index (κ3) is 5.76. The number of nitrogens with one attached hydrogen (secondary N) is 2. The number of hydrogen-bond donors (Lipinski definition) is 4. The molecule has 1 aliphatic heterocycles. The number of carbonyl (C=O) groups excluding carboxylic acids is 1. The minimum atomic E-state index is -0.705. The standard InChI is InChI=1S/C24H39N3O4/c1-6-7-18(27-15(2)28)20(29)14-25-19-12-24(9-8-21(24)30)31-22-17(19)10-16(13-26-22)11-23(3,4)5/h10,13,18-21,25,29-30H,6-9,11-12,14H2,1-5H3,(H,27,28)/t18-,19-,20+,21-,24+/m0/s1. The van der Waals surface area contributed by atoms with Gasteiger partial charge >= 0.3 is 0 Å². The van der Waals surface area contributed by atoms with Crippen LogP contribution >= 0.6 is 0 Å². The minimum absolute atomic E-state index is 0.0830. The fraction of sp³-hybridized carbons (Fsp3) is 0.750. The van der Waals surface area contributed by atoms with Gasteiger partial charge < -0.3 is 25.6 Å². The van der Waals surface area contributed by atoms with E-state index in [-0.39, 0.29) is 23.4 Å². The molecule has 7 nitrogen and oxygen atoms in total. The fourth-order valence-electron chi connectivity index (χ4n) is 4.72. The summed E-state index contributed by atoms with van der Waals surface area (Å²) in [6, 6.07) is 1.77. The molecular weight excluding hydrogens is 394 g/mol. The molecule has 5 atom stereocenters. The predicted octanol–water partition coefficient (Wildman–Crippen LogP) is 2.64. The molecule has 1 saturated carbocycles. The third-order valence-corrected chi connectivity index (χ3v) is 6.37. The monoisotopic (exact) mass is 433 g/mol. The summed E-state index contributed by atoms with van der Waals surface area (Å²) < 4.78 is 6.21. The molecule has 1 aromatic rings. The highest BCUT2D eigenvalue weighted by Gasteiger charge is 2.53. The summed E-state index contributed by atoms with van der Waals surface area (Å²) in [6.45, 7) is 10.4. The number of hydrogen-bond acceptors (Lipinski definition) is 6. The third-order valence-electron chi connectivity index (χ3n) is 6.37. The van der Waals surface area contributed by atoms with Crippen molar-refractivity contribution in [2.45, 2.75) is 103 Å². The Hall–Kier alpha value is -1.70. The summed E-state index contributed by atoms with van der Waals surface area (Å²) in [7, 11) is 0. The van der Waals surface area contributed by atoms with Crippen molar-refractivity contribution in [2.75, 3.05) is 6.54 Å². The van der Waals surface area contributed by atoms with Gasteiger partial charge in [0.2, 0.25) is 11.8 Å². The highest BCUT2D eigenvalue weighted by atomic mass is 16.5. The first-order valence-electron chi connectivity index (χ1n) is 11.6. The molecule has 1 fully saturated rings. The molecule has 174 valence electrons. The Labute approximate surface area is 186 Å². The van der Waals surface area contributed by atoms with Crippen LogP contribution in [0.1, 0.15) is 83.9 Å². The first-order chi connectivity index (χ1) is 14.5. The Balaban J connectivity index is 1.79. The van der Waals surface area contributed by atoms with Crippen molar-refractivity contribution in [2.24, 2.45) is 5.41 Å². The Morgan fingerprint density at radius 1 is 1.42 bits per heavy atom. The quantitative estimate of drug-likeness (QED) is 0.503. The lowest BCUT2D eigenvalue weighted by molar-refractivity contribution is -0.145. The van der Waals surface area contributed by atoms with Gasteiger partial charge in [0.15, 0.2) is 0 Å². The van der Waals surface area contributed by atoms with Gasteiger partial charge in [0.05, 0.1) is 18.2 Å². The zero-order valence-corrected chi connectivity index (χ0v) is 19.6. The molecule has 2 aliphatic rings. The summed E-state index contributed by atoms with van der Waals surface area (Å²) in [5, 5.41) is 27.5. The van der Waals surface area contributed by atoms with E-state index in [2.05, 4.69) is 42.5 Å². The average molecular weight is 434 g/mol. The molecule has 1 amide bonds. The number of ether oxygens (including phenoxy) is 1. The Kier molecular flexibility index (Phi) is 7.28. The Morgan fingerprint density at radius 2 is 2.16 bits per heavy atom. The largest absolute Gasteiger partial charge is 0.468 e. The summed E-state index contributed by atoms with van der Waals surface area (Å²) >= 11 is 0. The van der Waals surface area contributed by atoms with Gasteiger partial charge in [-0.15, -0.1) is 0 Å². The predicted molar refractivity (Wildman–Crippen MR) is 120 cm³/mol. The molecule has 0 saturated heterocycles. The summed E-state index contributed by atoms with van der Waals surface area (Å²) in [5.74, 6) is 0.433. The van der Waals surface area contributed by atoms with Crippen molar-refractivity contribution in [3.63, 3.8) is 0 Å². The molecule has 0 bridgehead atoms. The van der Waals surface area contributed by atoms with E-state index in [1.165, 1.54) is 6.92 Å². The van der Waals surface area contributed by atoms with Crippen LogP contribution in [0, 0.1) is 5.41 Å². The second-order valence-corrected chi connectivity index (χ2v) is 10.5. The second kappa shape index (κ2) is 9.43. The van der Waals surface area contributed by atoms with Crippen LogP contribution in [0.4, 0.5) is 0 Å². The van der Waals surface area contributed by atoms with Crippen molar-refractivity contribution in [1.82, 2.24) is 15.6 Å². The van der Waals surface area contributed by atoms with Crippen molar-refractivity contribution in [3.8, 4) is 5.88 Å². The van der Waals surface area contributed by atoms with Crippen LogP contribution in [-0.2, 0) is 11.2 Å². The van der Waals surface area contributed by atoms with E-state index in [4.69, 9.17) is 4.74 Å². The van der Waals surface area contributed by atoms with Crippen LogP contribution in [0.2, 0.25) is 0 Å². The first kappa shape index (κ1) is 24.0. The molecule has 1 spiro atoms. The van der Waals surface area contributed by atoms with E-state index >= 15 is 0 Å². The van der Waals surface area contributed by atoms with Crippen molar-refractivity contribution < 1.29 is 19.7 Å². The van der Waals surface area contributed by atoms with Crippen LogP contribution in [0.15, 0.2) is 12.3 Å². The molecule has 3 rings (SSSR count). The number of pyridine rings is 1. The summed E-state index contributed by atoms with van der Waals surface area (Å²) in [4.78, 5) is 16.1. The molecule has 0 aromatic carbocycles. The van der Waals surface area contributed by atoms with Gasteiger partial charge in [-0.3, -0.25) is 4.79 Å². The Morgan fingerprint density at radius 3 is 2.71 bits per heavy atom. The summed E-state index contributed by atoms with van der Waals surface area (Å²) in [6.07, 6.45) is 5.31.